The molecule has 186 valence electrons. The molecule has 34 heavy (non-hydrogen) atoms. The van der Waals surface area contributed by atoms with Crippen molar-refractivity contribution in [3.8, 4) is 5.75 Å². The molecule has 0 spiro atoms. The maximum Gasteiger partial charge on any atom is 0.169 e. The van der Waals surface area contributed by atoms with E-state index in [0.717, 1.165) is 30.6 Å². The summed E-state index contributed by atoms with van der Waals surface area (Å²) in [7, 11) is 0. The average Bonchev–Trinajstić information content (AvgIpc) is 3.17. The van der Waals surface area contributed by atoms with E-state index in [1.807, 2.05) is 31.2 Å². The molecule has 0 aliphatic heterocycles. The highest BCUT2D eigenvalue weighted by Crippen LogP contribution is 2.66. The van der Waals surface area contributed by atoms with E-state index in [9.17, 15) is 9.90 Å². The van der Waals surface area contributed by atoms with Gasteiger partial charge in [0.05, 0.1) is 13.2 Å². The molecule has 4 heteroatoms. The molecule has 4 aliphatic rings. The van der Waals surface area contributed by atoms with E-state index < -0.39 is 5.79 Å². The van der Waals surface area contributed by atoms with Gasteiger partial charge in [-0.05, 0) is 98.7 Å². The van der Waals surface area contributed by atoms with Crippen LogP contribution < -0.4 is 4.74 Å². The van der Waals surface area contributed by atoms with Gasteiger partial charge in [0.2, 0.25) is 0 Å². The van der Waals surface area contributed by atoms with Crippen molar-refractivity contribution in [3.05, 3.63) is 41.5 Å². The molecular formula is C30H42O4. The topological polar surface area (TPSA) is 55.8 Å². The molecule has 1 unspecified atom stereocenters. The van der Waals surface area contributed by atoms with Gasteiger partial charge in [-0.15, -0.1) is 0 Å². The number of carbonyl (C=O) groups is 1. The molecule has 1 aromatic carbocycles. The van der Waals surface area contributed by atoms with Gasteiger partial charge < -0.3 is 14.6 Å². The summed E-state index contributed by atoms with van der Waals surface area (Å²) < 4.78 is 11.7. The fraction of sp³-hybridized carbons (Fsp3) is 0.700. The SMILES string of the molecule is CCOc1ccc(COC2(O)CC[C@@]3(C)C(=CC[C@H]4[C@@H]5CC[C@H](C(C)=O)[C@@]5(C)CC[C@@H]43)C2)cc1. The third kappa shape index (κ3) is 3.95. The summed E-state index contributed by atoms with van der Waals surface area (Å²) in [5, 5.41) is 11.4. The number of aliphatic hydroxyl groups is 1. The van der Waals surface area contributed by atoms with Crippen molar-refractivity contribution in [3.63, 3.8) is 0 Å². The summed E-state index contributed by atoms with van der Waals surface area (Å²) in [6.45, 7) is 9.70. The molecule has 0 heterocycles. The maximum atomic E-state index is 12.4. The van der Waals surface area contributed by atoms with E-state index >= 15 is 0 Å². The zero-order valence-electron chi connectivity index (χ0n) is 21.4. The Morgan fingerprint density at radius 2 is 1.82 bits per heavy atom. The minimum Gasteiger partial charge on any atom is -0.494 e. The third-order valence-corrected chi connectivity index (χ3v) is 10.4. The van der Waals surface area contributed by atoms with Crippen LogP contribution in [0.15, 0.2) is 35.9 Å². The van der Waals surface area contributed by atoms with Crippen LogP contribution in [0.2, 0.25) is 0 Å². The van der Waals surface area contributed by atoms with Gasteiger partial charge in [-0.2, -0.15) is 0 Å². The fourth-order valence-corrected chi connectivity index (χ4v) is 8.48. The van der Waals surface area contributed by atoms with Crippen LogP contribution in [0.4, 0.5) is 0 Å². The van der Waals surface area contributed by atoms with Crippen molar-refractivity contribution < 1.29 is 19.4 Å². The second-order valence-corrected chi connectivity index (χ2v) is 12.0. The van der Waals surface area contributed by atoms with Gasteiger partial charge >= 0.3 is 0 Å². The minimum absolute atomic E-state index is 0.146. The Kier molecular flexibility index (Phi) is 6.21. The van der Waals surface area contributed by atoms with Gasteiger partial charge in [-0.3, -0.25) is 4.79 Å². The van der Waals surface area contributed by atoms with Gasteiger partial charge in [0.1, 0.15) is 11.5 Å². The van der Waals surface area contributed by atoms with Gasteiger partial charge in [0.15, 0.2) is 5.79 Å². The van der Waals surface area contributed by atoms with E-state index in [0.29, 0.717) is 49.6 Å². The number of carbonyl (C=O) groups excluding carboxylic acids is 1. The predicted molar refractivity (Wildman–Crippen MR) is 133 cm³/mol. The van der Waals surface area contributed by atoms with E-state index in [1.165, 1.54) is 24.8 Å². The van der Waals surface area contributed by atoms with Crippen LogP contribution >= 0.6 is 0 Å². The number of allylic oxidation sites excluding steroid dienone is 1. The first-order chi connectivity index (χ1) is 16.2. The van der Waals surface area contributed by atoms with E-state index in [4.69, 9.17) is 9.47 Å². The minimum atomic E-state index is -1.09. The molecule has 4 nitrogen and oxygen atoms in total. The van der Waals surface area contributed by atoms with Crippen LogP contribution in [0.25, 0.3) is 0 Å². The Balaban J connectivity index is 1.28. The van der Waals surface area contributed by atoms with Crippen LogP contribution in [-0.2, 0) is 16.1 Å². The lowest BCUT2D eigenvalue weighted by Crippen LogP contribution is -2.52. The molecular weight excluding hydrogens is 424 g/mol. The standard InChI is InChI=1S/C30H42O4/c1-5-33-23-9-6-21(7-10-23)19-34-30(32)17-16-28(3)22(18-30)8-11-24-26-13-12-25(20(2)31)29(26,4)15-14-27(24)28/h6-10,24-27,32H,5,11-19H2,1-4H3/t24-,25+,26-,27-,28-,29+,30?/m0/s1. The molecule has 4 aliphatic carbocycles. The quantitative estimate of drug-likeness (QED) is 0.386. The first-order valence-corrected chi connectivity index (χ1v) is 13.5. The van der Waals surface area contributed by atoms with Crippen molar-refractivity contribution >= 4 is 5.78 Å². The third-order valence-electron chi connectivity index (χ3n) is 10.4. The molecule has 0 bridgehead atoms. The highest BCUT2D eigenvalue weighted by Gasteiger charge is 2.60. The highest BCUT2D eigenvalue weighted by atomic mass is 16.6. The van der Waals surface area contributed by atoms with Crippen LogP contribution in [0, 0.1) is 34.5 Å². The summed E-state index contributed by atoms with van der Waals surface area (Å²) in [5.41, 5.74) is 2.78. The fourth-order valence-electron chi connectivity index (χ4n) is 8.48. The molecule has 5 rings (SSSR count). The number of hydrogen-bond acceptors (Lipinski definition) is 4. The highest BCUT2D eigenvalue weighted by molar-refractivity contribution is 5.79. The Hall–Kier alpha value is -1.65. The summed E-state index contributed by atoms with van der Waals surface area (Å²) in [6, 6.07) is 7.95. The number of hydrogen-bond donors (Lipinski definition) is 1. The number of fused-ring (bicyclic) bond motifs is 5. The summed E-state index contributed by atoms with van der Waals surface area (Å²) in [6.07, 6.45) is 10.5. The summed E-state index contributed by atoms with van der Waals surface area (Å²) >= 11 is 0. The number of benzene rings is 1. The average molecular weight is 467 g/mol. The number of Topliss-reactive ketones (excluding diaryl/α,β-unsaturated/α-hetero) is 1. The Morgan fingerprint density at radius 1 is 1.06 bits per heavy atom. The van der Waals surface area contributed by atoms with Crippen LogP contribution in [0.5, 0.6) is 5.75 Å². The Morgan fingerprint density at radius 3 is 2.53 bits per heavy atom. The molecule has 3 saturated carbocycles. The summed E-state index contributed by atoms with van der Waals surface area (Å²) in [5.74, 6) is 2.41. The molecule has 3 fully saturated rings. The predicted octanol–water partition coefficient (Wildman–Crippen LogP) is 6.46. The number of ketones is 1. The van der Waals surface area contributed by atoms with Crippen molar-refractivity contribution in [1.29, 1.82) is 0 Å². The molecule has 0 radical (unpaired) electrons. The molecule has 1 N–H and O–H groups in total. The molecule has 0 amide bonds. The van der Waals surface area contributed by atoms with Crippen LogP contribution in [-0.4, -0.2) is 23.3 Å². The lowest BCUT2D eigenvalue weighted by Gasteiger charge is -2.58. The van der Waals surface area contributed by atoms with Gasteiger partial charge in [0.25, 0.3) is 0 Å². The van der Waals surface area contributed by atoms with Crippen LogP contribution in [0.3, 0.4) is 0 Å². The first-order valence-electron chi connectivity index (χ1n) is 13.5. The van der Waals surface area contributed by atoms with E-state index in [-0.39, 0.29) is 16.7 Å². The van der Waals surface area contributed by atoms with Crippen LogP contribution in [0.1, 0.15) is 84.6 Å². The maximum absolute atomic E-state index is 12.4. The van der Waals surface area contributed by atoms with Crippen molar-refractivity contribution in [2.75, 3.05) is 6.61 Å². The lowest BCUT2D eigenvalue weighted by atomic mass is 9.47. The monoisotopic (exact) mass is 466 g/mol. The Labute approximate surface area is 205 Å². The van der Waals surface area contributed by atoms with Gasteiger partial charge in [-0.25, -0.2) is 0 Å². The normalized spacial score (nSPS) is 41.1. The molecule has 0 aromatic heterocycles. The van der Waals surface area contributed by atoms with E-state index in [2.05, 4.69) is 19.9 Å². The molecule has 0 saturated heterocycles. The first kappa shape index (κ1) is 24.1. The summed E-state index contributed by atoms with van der Waals surface area (Å²) in [4.78, 5) is 12.4. The second-order valence-electron chi connectivity index (χ2n) is 12.0. The van der Waals surface area contributed by atoms with Crippen molar-refractivity contribution in [2.24, 2.45) is 34.5 Å². The second kappa shape index (κ2) is 8.78. The van der Waals surface area contributed by atoms with Gasteiger partial charge in [0, 0.05) is 18.8 Å². The number of ether oxygens (including phenoxy) is 2. The number of rotatable bonds is 6. The van der Waals surface area contributed by atoms with Crippen molar-refractivity contribution in [2.45, 2.75) is 91.5 Å². The molecule has 7 atom stereocenters. The van der Waals surface area contributed by atoms with Crippen molar-refractivity contribution in [1.82, 2.24) is 0 Å². The molecule has 1 aromatic rings. The largest absolute Gasteiger partial charge is 0.494 e. The zero-order valence-corrected chi connectivity index (χ0v) is 21.4. The smallest absolute Gasteiger partial charge is 0.169 e. The Bertz CT molecular complexity index is 951. The van der Waals surface area contributed by atoms with E-state index in [1.54, 1.807) is 6.92 Å². The lowest BCUT2D eigenvalue weighted by molar-refractivity contribution is -0.231. The van der Waals surface area contributed by atoms with Gasteiger partial charge in [-0.1, -0.05) is 37.6 Å². The zero-order chi connectivity index (χ0) is 24.1.